The number of hydrogen-bond donors (Lipinski definition) is 2. The van der Waals surface area contributed by atoms with Gasteiger partial charge in [0.15, 0.2) is 11.5 Å². The molecule has 6 heteroatoms. The lowest BCUT2D eigenvalue weighted by atomic mass is 9.98. The Bertz CT molecular complexity index is 494. The summed E-state index contributed by atoms with van der Waals surface area (Å²) in [6.07, 6.45) is 4.27. The molecule has 1 aliphatic carbocycles. The molecule has 0 saturated carbocycles. The Kier molecular flexibility index (Phi) is 6.78. The molecule has 1 aliphatic rings. The maximum Gasteiger partial charge on any atom is 0.230 e. The third kappa shape index (κ3) is 4.25. The zero-order valence-electron chi connectivity index (χ0n) is 12.7. The van der Waals surface area contributed by atoms with Crippen molar-refractivity contribution in [2.45, 2.75) is 38.6 Å². The number of methoxy groups -OCH3 is 2. The predicted octanol–water partition coefficient (Wildman–Crippen LogP) is 2.53. The van der Waals surface area contributed by atoms with Crippen LogP contribution in [0, 0.1) is 0 Å². The zero-order chi connectivity index (χ0) is 14.5. The third-order valence-electron chi connectivity index (χ3n) is 3.63. The highest BCUT2D eigenvalue weighted by atomic mass is 35.5. The molecule has 1 aromatic carbocycles. The average molecular weight is 315 g/mol. The Hall–Kier alpha value is -1.46. The molecule has 1 amide bonds. The SMILES string of the molecule is COc1cc2c(cc1OC)C(NNC(C)=O)CCCC2.Cl. The van der Waals surface area contributed by atoms with Crippen molar-refractivity contribution in [3.05, 3.63) is 23.3 Å². The number of rotatable bonds is 4. The summed E-state index contributed by atoms with van der Waals surface area (Å²) in [6.45, 7) is 1.50. The van der Waals surface area contributed by atoms with Crippen LogP contribution in [-0.4, -0.2) is 20.1 Å². The summed E-state index contributed by atoms with van der Waals surface area (Å²) in [7, 11) is 3.28. The fourth-order valence-corrected chi connectivity index (χ4v) is 2.64. The van der Waals surface area contributed by atoms with Gasteiger partial charge in [0.25, 0.3) is 0 Å². The largest absolute Gasteiger partial charge is 0.493 e. The molecule has 2 rings (SSSR count). The molecule has 0 aromatic heterocycles. The number of hydrazine groups is 1. The number of hydrogen-bond acceptors (Lipinski definition) is 4. The molecule has 0 fully saturated rings. The molecule has 0 aliphatic heterocycles. The number of carbonyl (C=O) groups is 1. The van der Waals surface area contributed by atoms with E-state index in [1.54, 1.807) is 14.2 Å². The van der Waals surface area contributed by atoms with Gasteiger partial charge >= 0.3 is 0 Å². The quantitative estimate of drug-likeness (QED) is 0.662. The maximum atomic E-state index is 11.1. The highest BCUT2D eigenvalue weighted by Crippen LogP contribution is 2.37. The summed E-state index contributed by atoms with van der Waals surface area (Å²) in [4.78, 5) is 11.1. The molecule has 0 spiro atoms. The average Bonchev–Trinajstić information content (AvgIpc) is 2.65. The lowest BCUT2D eigenvalue weighted by Crippen LogP contribution is -2.38. The van der Waals surface area contributed by atoms with Crippen LogP contribution in [0.15, 0.2) is 12.1 Å². The van der Waals surface area contributed by atoms with E-state index in [0.29, 0.717) is 0 Å². The van der Waals surface area contributed by atoms with E-state index in [0.717, 1.165) is 37.2 Å². The van der Waals surface area contributed by atoms with Crippen molar-refractivity contribution >= 4 is 18.3 Å². The zero-order valence-corrected chi connectivity index (χ0v) is 13.5. The van der Waals surface area contributed by atoms with E-state index >= 15 is 0 Å². The van der Waals surface area contributed by atoms with Gasteiger partial charge in [0.05, 0.1) is 20.3 Å². The lowest BCUT2D eigenvalue weighted by molar-refractivity contribution is -0.120. The first-order valence-corrected chi connectivity index (χ1v) is 6.92. The maximum absolute atomic E-state index is 11.1. The number of ether oxygens (including phenoxy) is 2. The van der Waals surface area contributed by atoms with E-state index in [4.69, 9.17) is 9.47 Å². The van der Waals surface area contributed by atoms with E-state index in [-0.39, 0.29) is 24.4 Å². The van der Waals surface area contributed by atoms with Gasteiger partial charge in [-0.1, -0.05) is 6.42 Å². The fraction of sp³-hybridized carbons (Fsp3) is 0.533. The van der Waals surface area contributed by atoms with E-state index in [1.165, 1.54) is 18.1 Å². The Morgan fingerprint density at radius 3 is 2.48 bits per heavy atom. The minimum Gasteiger partial charge on any atom is -0.493 e. The first-order chi connectivity index (χ1) is 9.65. The number of fused-ring (bicyclic) bond motifs is 1. The summed E-state index contributed by atoms with van der Waals surface area (Å²) in [6, 6.07) is 4.16. The van der Waals surface area contributed by atoms with Crippen molar-refractivity contribution < 1.29 is 14.3 Å². The summed E-state index contributed by atoms with van der Waals surface area (Å²) in [5.74, 6) is 1.39. The molecule has 1 aromatic rings. The van der Waals surface area contributed by atoms with Crippen molar-refractivity contribution in [1.29, 1.82) is 0 Å². The second-order valence-corrected chi connectivity index (χ2v) is 5.03. The molecule has 0 radical (unpaired) electrons. The number of nitrogens with one attached hydrogen (secondary N) is 2. The minimum absolute atomic E-state index is 0. The lowest BCUT2D eigenvalue weighted by Gasteiger charge is -2.21. The molecular formula is C15H23ClN2O3. The molecule has 1 unspecified atom stereocenters. The van der Waals surface area contributed by atoms with Gasteiger partial charge in [-0.2, -0.15) is 0 Å². The van der Waals surface area contributed by atoms with Crippen molar-refractivity contribution in [3.63, 3.8) is 0 Å². The molecular weight excluding hydrogens is 292 g/mol. The number of aryl methyl sites for hydroxylation is 1. The van der Waals surface area contributed by atoms with Gasteiger partial charge in [0.1, 0.15) is 0 Å². The number of carbonyl (C=O) groups excluding carboxylic acids is 1. The van der Waals surface area contributed by atoms with Crippen LogP contribution in [0.25, 0.3) is 0 Å². The van der Waals surface area contributed by atoms with Crippen LogP contribution in [-0.2, 0) is 11.2 Å². The molecule has 2 N–H and O–H groups in total. The van der Waals surface area contributed by atoms with Crippen LogP contribution >= 0.6 is 12.4 Å². The standard InChI is InChI=1S/C15H22N2O3.ClH/c1-10(18)16-17-13-7-5-4-6-11-8-14(19-2)15(20-3)9-12(11)13;/h8-9,13,17H,4-7H2,1-3H3,(H,16,18);1H. The van der Waals surface area contributed by atoms with Gasteiger partial charge in [0, 0.05) is 6.92 Å². The monoisotopic (exact) mass is 314 g/mol. The highest BCUT2D eigenvalue weighted by molar-refractivity contribution is 5.85. The molecule has 0 bridgehead atoms. The Labute approximate surface area is 131 Å². The summed E-state index contributed by atoms with van der Waals surface area (Å²) in [5, 5.41) is 0. The number of benzene rings is 1. The van der Waals surface area contributed by atoms with E-state index < -0.39 is 0 Å². The highest BCUT2D eigenvalue weighted by Gasteiger charge is 2.21. The van der Waals surface area contributed by atoms with Gasteiger partial charge in [-0.15, -0.1) is 12.4 Å². The van der Waals surface area contributed by atoms with Gasteiger partial charge < -0.3 is 9.47 Å². The van der Waals surface area contributed by atoms with Gasteiger partial charge in [0.2, 0.25) is 5.91 Å². The Morgan fingerprint density at radius 2 is 1.86 bits per heavy atom. The summed E-state index contributed by atoms with van der Waals surface area (Å²) >= 11 is 0. The van der Waals surface area contributed by atoms with Crippen LogP contribution in [0.1, 0.15) is 43.4 Å². The first kappa shape index (κ1) is 17.6. The van der Waals surface area contributed by atoms with Crippen LogP contribution in [0.3, 0.4) is 0 Å². The number of halogens is 1. The second kappa shape index (κ2) is 8.10. The molecule has 1 atom stereocenters. The summed E-state index contributed by atoms with van der Waals surface area (Å²) < 4.78 is 10.7. The van der Waals surface area contributed by atoms with Crippen molar-refractivity contribution in [3.8, 4) is 11.5 Å². The molecule has 118 valence electrons. The first-order valence-electron chi connectivity index (χ1n) is 6.92. The van der Waals surface area contributed by atoms with E-state index in [2.05, 4.69) is 10.9 Å². The van der Waals surface area contributed by atoms with Gasteiger partial charge in [-0.05, 0) is 42.5 Å². The molecule has 5 nitrogen and oxygen atoms in total. The Morgan fingerprint density at radius 1 is 1.19 bits per heavy atom. The van der Waals surface area contributed by atoms with E-state index in [1.807, 2.05) is 12.1 Å². The third-order valence-corrected chi connectivity index (χ3v) is 3.63. The molecule has 0 saturated heterocycles. The normalized spacial score (nSPS) is 17.0. The second-order valence-electron chi connectivity index (χ2n) is 5.03. The molecule has 0 heterocycles. The van der Waals surface area contributed by atoms with Gasteiger partial charge in [-0.25, -0.2) is 5.43 Å². The fourth-order valence-electron chi connectivity index (χ4n) is 2.64. The van der Waals surface area contributed by atoms with Crippen LogP contribution in [0.4, 0.5) is 0 Å². The topological polar surface area (TPSA) is 59.6 Å². The molecule has 21 heavy (non-hydrogen) atoms. The predicted molar refractivity (Wildman–Crippen MR) is 84.0 cm³/mol. The van der Waals surface area contributed by atoms with Crippen molar-refractivity contribution in [1.82, 2.24) is 10.9 Å². The van der Waals surface area contributed by atoms with Crippen LogP contribution in [0.5, 0.6) is 11.5 Å². The summed E-state index contributed by atoms with van der Waals surface area (Å²) in [5.41, 5.74) is 8.23. The Balaban J connectivity index is 0.00000220. The van der Waals surface area contributed by atoms with E-state index in [9.17, 15) is 4.79 Å². The smallest absolute Gasteiger partial charge is 0.230 e. The van der Waals surface area contributed by atoms with Crippen molar-refractivity contribution in [2.24, 2.45) is 0 Å². The van der Waals surface area contributed by atoms with Crippen LogP contribution in [0.2, 0.25) is 0 Å². The van der Waals surface area contributed by atoms with Gasteiger partial charge in [-0.3, -0.25) is 10.2 Å². The number of amides is 1. The van der Waals surface area contributed by atoms with Crippen molar-refractivity contribution in [2.75, 3.05) is 14.2 Å². The van der Waals surface area contributed by atoms with Crippen LogP contribution < -0.4 is 20.3 Å². The minimum atomic E-state index is -0.0868.